The van der Waals surface area contributed by atoms with Gasteiger partial charge in [0.1, 0.15) is 0 Å². The summed E-state index contributed by atoms with van der Waals surface area (Å²) >= 11 is 0. The molecule has 9 heteroatoms. The van der Waals surface area contributed by atoms with Gasteiger partial charge in [0.15, 0.2) is 0 Å². The van der Waals surface area contributed by atoms with Crippen molar-refractivity contribution in [2.24, 2.45) is 0 Å². The molecule has 1 saturated carbocycles. The Bertz CT molecular complexity index is 528. The summed E-state index contributed by atoms with van der Waals surface area (Å²) in [5, 5.41) is 8.98. The summed E-state index contributed by atoms with van der Waals surface area (Å²) in [6.07, 6.45) is -9.88. The van der Waals surface area contributed by atoms with Crippen LogP contribution in [0.2, 0.25) is 0 Å². The molecular formula is C12H9ClF6O2. The number of rotatable bonds is 2. The highest BCUT2D eigenvalue weighted by Gasteiger charge is 2.53. The van der Waals surface area contributed by atoms with E-state index in [1.165, 1.54) is 0 Å². The van der Waals surface area contributed by atoms with Crippen molar-refractivity contribution >= 4 is 18.4 Å². The van der Waals surface area contributed by atoms with Crippen LogP contribution in [0.3, 0.4) is 0 Å². The van der Waals surface area contributed by atoms with Gasteiger partial charge in [-0.15, -0.1) is 12.4 Å². The van der Waals surface area contributed by atoms with Crippen molar-refractivity contribution < 1.29 is 36.2 Å². The van der Waals surface area contributed by atoms with E-state index in [-0.39, 0.29) is 31.3 Å². The highest BCUT2D eigenvalue weighted by molar-refractivity contribution is 5.85. The molecule has 0 aliphatic heterocycles. The van der Waals surface area contributed by atoms with Crippen LogP contribution in [0, 0.1) is 0 Å². The van der Waals surface area contributed by atoms with E-state index >= 15 is 0 Å². The monoisotopic (exact) mass is 334 g/mol. The van der Waals surface area contributed by atoms with Gasteiger partial charge in [-0.05, 0) is 36.6 Å². The highest BCUT2D eigenvalue weighted by Crippen LogP contribution is 2.50. The Kier molecular flexibility index (Phi) is 4.26. The molecule has 1 aromatic rings. The van der Waals surface area contributed by atoms with E-state index in [2.05, 4.69) is 0 Å². The lowest BCUT2D eigenvalue weighted by Crippen LogP contribution is -2.22. The molecule has 1 fully saturated rings. The molecule has 0 atom stereocenters. The number of carboxylic acid groups (broad SMARTS) is 1. The second kappa shape index (κ2) is 5.08. The van der Waals surface area contributed by atoms with E-state index < -0.39 is 40.4 Å². The molecule has 1 N–H and O–H groups in total. The lowest BCUT2D eigenvalue weighted by molar-refractivity contribution is -0.144. The first-order valence-corrected chi connectivity index (χ1v) is 5.50. The Morgan fingerprint density at radius 1 is 0.952 bits per heavy atom. The van der Waals surface area contributed by atoms with Gasteiger partial charge in [-0.2, -0.15) is 26.3 Å². The molecule has 1 aromatic carbocycles. The van der Waals surface area contributed by atoms with E-state index in [4.69, 9.17) is 5.11 Å². The molecule has 0 heterocycles. The molecule has 0 bridgehead atoms. The van der Waals surface area contributed by atoms with Crippen LogP contribution >= 0.6 is 12.4 Å². The van der Waals surface area contributed by atoms with E-state index in [0.29, 0.717) is 12.1 Å². The number of aliphatic carboxylic acids is 1. The van der Waals surface area contributed by atoms with Gasteiger partial charge in [0.2, 0.25) is 0 Å². The third-order valence-corrected chi connectivity index (χ3v) is 3.30. The van der Waals surface area contributed by atoms with Crippen LogP contribution < -0.4 is 0 Å². The van der Waals surface area contributed by atoms with Crippen LogP contribution in [-0.2, 0) is 22.6 Å². The average Bonchev–Trinajstić information content (AvgIpc) is 3.07. The number of halogens is 7. The van der Waals surface area contributed by atoms with Crippen molar-refractivity contribution in [3.63, 3.8) is 0 Å². The Morgan fingerprint density at radius 2 is 1.33 bits per heavy atom. The van der Waals surface area contributed by atoms with Gasteiger partial charge < -0.3 is 5.11 Å². The zero-order valence-electron chi connectivity index (χ0n) is 10.2. The van der Waals surface area contributed by atoms with Crippen molar-refractivity contribution in [2.45, 2.75) is 30.6 Å². The van der Waals surface area contributed by atoms with Gasteiger partial charge >= 0.3 is 18.3 Å². The molecule has 0 radical (unpaired) electrons. The summed E-state index contributed by atoms with van der Waals surface area (Å²) in [5.74, 6) is -1.41. The molecule has 21 heavy (non-hydrogen) atoms. The van der Waals surface area contributed by atoms with E-state index in [1.807, 2.05) is 0 Å². The number of carboxylic acids is 1. The zero-order chi connectivity index (χ0) is 15.3. The van der Waals surface area contributed by atoms with Crippen molar-refractivity contribution in [1.29, 1.82) is 0 Å². The van der Waals surface area contributed by atoms with Crippen molar-refractivity contribution in [3.05, 3.63) is 34.9 Å². The molecule has 0 saturated heterocycles. The third kappa shape index (κ3) is 3.25. The fraction of sp³-hybridized carbons (Fsp3) is 0.417. The first-order valence-electron chi connectivity index (χ1n) is 5.50. The lowest BCUT2D eigenvalue weighted by Gasteiger charge is -2.17. The van der Waals surface area contributed by atoms with Crippen molar-refractivity contribution in [1.82, 2.24) is 0 Å². The summed E-state index contributed by atoms with van der Waals surface area (Å²) in [6, 6.07) is 0.953. The molecule has 0 unspecified atom stereocenters. The first kappa shape index (κ1) is 17.6. The van der Waals surface area contributed by atoms with Gasteiger partial charge in [0, 0.05) is 0 Å². The van der Waals surface area contributed by atoms with Crippen LogP contribution in [0.5, 0.6) is 0 Å². The third-order valence-electron chi connectivity index (χ3n) is 3.30. The maximum Gasteiger partial charge on any atom is 0.416 e. The van der Waals surface area contributed by atoms with Gasteiger partial charge in [-0.1, -0.05) is 0 Å². The molecule has 0 aromatic heterocycles. The summed E-state index contributed by atoms with van der Waals surface area (Å²) in [7, 11) is 0. The van der Waals surface area contributed by atoms with Gasteiger partial charge in [0.25, 0.3) is 0 Å². The largest absolute Gasteiger partial charge is 0.481 e. The minimum absolute atomic E-state index is 0. The lowest BCUT2D eigenvalue weighted by atomic mass is 9.92. The molecule has 1 aliphatic rings. The standard InChI is InChI=1S/C12H8F6O2.ClH/c13-11(14,15)7-3-6(10(1-2-10)9(19)20)4-8(5-7)12(16,17)18;/h3-5H,1-2H2,(H,19,20);1H. The van der Waals surface area contributed by atoms with Crippen LogP contribution in [0.15, 0.2) is 18.2 Å². The van der Waals surface area contributed by atoms with Crippen molar-refractivity contribution in [2.75, 3.05) is 0 Å². The minimum atomic E-state index is -4.97. The van der Waals surface area contributed by atoms with Gasteiger partial charge in [-0.25, -0.2) is 0 Å². The minimum Gasteiger partial charge on any atom is -0.481 e. The summed E-state index contributed by atoms with van der Waals surface area (Å²) < 4.78 is 75.8. The van der Waals surface area contributed by atoms with Crippen LogP contribution in [0.1, 0.15) is 29.5 Å². The molecule has 1 aliphatic carbocycles. The number of carbonyl (C=O) groups is 1. The smallest absolute Gasteiger partial charge is 0.416 e. The predicted octanol–water partition coefficient (Wildman–Crippen LogP) is 4.26. The second-order valence-electron chi connectivity index (χ2n) is 4.68. The maximum absolute atomic E-state index is 12.6. The molecule has 2 rings (SSSR count). The van der Waals surface area contributed by atoms with Gasteiger partial charge in [0.05, 0.1) is 16.5 Å². The van der Waals surface area contributed by atoms with E-state index in [9.17, 15) is 31.1 Å². The molecule has 2 nitrogen and oxygen atoms in total. The SMILES string of the molecule is Cl.O=C(O)C1(c2cc(C(F)(F)F)cc(C(F)(F)F)c2)CC1. The van der Waals surface area contributed by atoms with E-state index in [0.717, 1.165) is 0 Å². The summed E-state index contributed by atoms with van der Waals surface area (Å²) in [4.78, 5) is 11.0. The number of benzene rings is 1. The molecule has 118 valence electrons. The summed E-state index contributed by atoms with van der Waals surface area (Å²) in [6.45, 7) is 0. The average molecular weight is 335 g/mol. The quantitative estimate of drug-likeness (QED) is 0.820. The molecule has 0 spiro atoms. The van der Waals surface area contributed by atoms with Crippen LogP contribution in [0.25, 0.3) is 0 Å². The fourth-order valence-electron chi connectivity index (χ4n) is 1.98. The fourth-order valence-corrected chi connectivity index (χ4v) is 1.98. The van der Waals surface area contributed by atoms with Crippen LogP contribution in [0.4, 0.5) is 26.3 Å². The second-order valence-corrected chi connectivity index (χ2v) is 4.68. The van der Waals surface area contributed by atoms with E-state index in [1.54, 1.807) is 0 Å². The molecular weight excluding hydrogens is 326 g/mol. The Labute approximate surface area is 121 Å². The highest BCUT2D eigenvalue weighted by atomic mass is 35.5. The number of alkyl halides is 6. The topological polar surface area (TPSA) is 37.3 Å². The Hall–Kier alpha value is -1.44. The van der Waals surface area contributed by atoms with Gasteiger partial charge in [-0.3, -0.25) is 4.79 Å². The van der Waals surface area contributed by atoms with Crippen LogP contribution in [-0.4, -0.2) is 11.1 Å². The molecule has 0 amide bonds. The number of hydrogen-bond acceptors (Lipinski definition) is 1. The zero-order valence-corrected chi connectivity index (χ0v) is 11.0. The van der Waals surface area contributed by atoms with Crippen molar-refractivity contribution in [3.8, 4) is 0 Å². The number of hydrogen-bond donors (Lipinski definition) is 1. The normalized spacial score (nSPS) is 17.0. The first-order chi connectivity index (χ1) is 8.97. The summed E-state index contributed by atoms with van der Waals surface area (Å²) in [5.41, 5.74) is -5.06. The Morgan fingerprint density at radius 3 is 1.57 bits per heavy atom. The predicted molar refractivity (Wildman–Crippen MR) is 62.2 cm³/mol. The Balaban J connectivity index is 0.00000220. The maximum atomic E-state index is 12.6.